The van der Waals surface area contributed by atoms with E-state index < -0.39 is 0 Å². The summed E-state index contributed by atoms with van der Waals surface area (Å²) in [7, 11) is 1.70. The highest BCUT2D eigenvalue weighted by Crippen LogP contribution is 2.36. The van der Waals surface area contributed by atoms with Gasteiger partial charge in [0, 0.05) is 6.54 Å². The van der Waals surface area contributed by atoms with Gasteiger partial charge in [0.15, 0.2) is 11.5 Å². The summed E-state index contributed by atoms with van der Waals surface area (Å²) in [5.74, 6) is 2.41. The number of benzene rings is 4. The van der Waals surface area contributed by atoms with Gasteiger partial charge in [-0.3, -0.25) is 0 Å². The molecule has 0 saturated carbocycles. The van der Waals surface area contributed by atoms with Crippen LogP contribution in [-0.4, -0.2) is 13.7 Å². The van der Waals surface area contributed by atoms with Gasteiger partial charge in [0.05, 0.1) is 13.2 Å². The molecule has 0 bridgehead atoms. The summed E-state index contributed by atoms with van der Waals surface area (Å²) in [6.07, 6.45) is 5.33. The van der Waals surface area contributed by atoms with Crippen molar-refractivity contribution in [2.75, 3.05) is 13.7 Å². The van der Waals surface area contributed by atoms with E-state index in [4.69, 9.17) is 14.2 Å². The van der Waals surface area contributed by atoms with Crippen molar-refractivity contribution in [2.45, 2.75) is 25.7 Å². The molecule has 4 heteroatoms. The van der Waals surface area contributed by atoms with E-state index in [1.54, 1.807) is 7.11 Å². The van der Waals surface area contributed by atoms with Gasteiger partial charge in [-0.2, -0.15) is 0 Å². The van der Waals surface area contributed by atoms with E-state index in [-0.39, 0.29) is 6.04 Å². The summed E-state index contributed by atoms with van der Waals surface area (Å²) in [5.41, 5.74) is 5.93. The molecule has 4 aromatic rings. The van der Waals surface area contributed by atoms with E-state index in [0.717, 1.165) is 46.9 Å². The molecule has 0 radical (unpaired) electrons. The first kappa shape index (κ1) is 23.7. The summed E-state index contributed by atoms with van der Waals surface area (Å²) in [6.45, 7) is 1.99. The SMILES string of the molecule is COc1cc2c(cc1OCc1ccccc1)[C@@H](C=Cc1ccc(OCc3ccccc3)cc1)NCC2. The van der Waals surface area contributed by atoms with E-state index in [9.17, 15) is 0 Å². The van der Waals surface area contributed by atoms with E-state index >= 15 is 0 Å². The third-order valence-electron chi connectivity index (χ3n) is 6.37. The van der Waals surface area contributed by atoms with Crippen molar-refractivity contribution in [1.82, 2.24) is 5.32 Å². The highest BCUT2D eigenvalue weighted by Gasteiger charge is 2.21. The Kier molecular flexibility index (Phi) is 7.64. The Morgan fingerprint density at radius 2 is 1.44 bits per heavy atom. The molecule has 182 valence electrons. The summed E-state index contributed by atoms with van der Waals surface area (Å²) < 4.78 is 17.7. The van der Waals surface area contributed by atoms with Crippen molar-refractivity contribution >= 4 is 6.08 Å². The quantitative estimate of drug-likeness (QED) is 0.289. The van der Waals surface area contributed by atoms with Crippen LogP contribution in [0.5, 0.6) is 17.2 Å². The lowest BCUT2D eigenvalue weighted by molar-refractivity contribution is 0.283. The van der Waals surface area contributed by atoms with Gasteiger partial charge < -0.3 is 19.5 Å². The maximum absolute atomic E-state index is 6.17. The van der Waals surface area contributed by atoms with Crippen LogP contribution in [-0.2, 0) is 19.6 Å². The molecule has 0 unspecified atom stereocenters. The summed E-state index contributed by atoms with van der Waals surface area (Å²) >= 11 is 0. The number of methoxy groups -OCH3 is 1. The molecule has 4 nitrogen and oxygen atoms in total. The predicted molar refractivity (Wildman–Crippen MR) is 144 cm³/mol. The zero-order valence-corrected chi connectivity index (χ0v) is 20.5. The molecule has 0 fully saturated rings. The highest BCUT2D eigenvalue weighted by molar-refractivity contribution is 5.55. The van der Waals surface area contributed by atoms with Gasteiger partial charge in [0.1, 0.15) is 19.0 Å². The third-order valence-corrected chi connectivity index (χ3v) is 6.37. The first-order valence-corrected chi connectivity index (χ1v) is 12.3. The maximum Gasteiger partial charge on any atom is 0.162 e. The lowest BCUT2D eigenvalue weighted by atomic mass is 9.93. The van der Waals surface area contributed by atoms with Gasteiger partial charge in [-0.25, -0.2) is 0 Å². The maximum atomic E-state index is 6.17. The first-order valence-electron chi connectivity index (χ1n) is 12.3. The van der Waals surface area contributed by atoms with Crippen molar-refractivity contribution < 1.29 is 14.2 Å². The number of nitrogens with one attached hydrogen (secondary N) is 1. The van der Waals surface area contributed by atoms with Crippen LogP contribution < -0.4 is 19.5 Å². The lowest BCUT2D eigenvalue weighted by Gasteiger charge is -2.26. The second-order valence-corrected chi connectivity index (χ2v) is 8.86. The third kappa shape index (κ3) is 5.96. The molecule has 5 rings (SSSR count). The molecule has 0 saturated heterocycles. The average molecular weight is 478 g/mol. The molecule has 1 aliphatic heterocycles. The smallest absolute Gasteiger partial charge is 0.162 e. The second kappa shape index (κ2) is 11.6. The Hall–Kier alpha value is -4.02. The van der Waals surface area contributed by atoms with Crippen LogP contribution in [0.2, 0.25) is 0 Å². The molecular formula is C32H31NO3. The van der Waals surface area contributed by atoms with Gasteiger partial charge in [0.2, 0.25) is 0 Å². The van der Waals surface area contributed by atoms with E-state index in [0.29, 0.717) is 13.2 Å². The Bertz CT molecular complexity index is 1280. The topological polar surface area (TPSA) is 39.7 Å². The number of rotatable bonds is 9. The van der Waals surface area contributed by atoms with Crippen molar-refractivity contribution in [1.29, 1.82) is 0 Å². The molecule has 0 aliphatic carbocycles. The Morgan fingerprint density at radius 1 is 0.778 bits per heavy atom. The molecule has 1 heterocycles. The second-order valence-electron chi connectivity index (χ2n) is 8.86. The standard InChI is InChI=1S/C32H31NO3/c1-34-31-20-27-18-19-33-30(29(27)21-32(31)36-23-26-10-6-3-7-11-26)17-14-24-12-15-28(16-13-24)35-22-25-8-4-2-5-9-25/h2-17,20-21,30,33H,18-19,22-23H2,1H3/t30-/m1/s1. The Morgan fingerprint density at radius 3 is 2.11 bits per heavy atom. The average Bonchev–Trinajstić information content (AvgIpc) is 2.95. The van der Waals surface area contributed by atoms with Gasteiger partial charge in [-0.15, -0.1) is 0 Å². The normalized spacial score (nSPS) is 14.9. The zero-order valence-electron chi connectivity index (χ0n) is 20.5. The van der Waals surface area contributed by atoms with Crippen LogP contribution in [0.15, 0.2) is 103 Å². The molecule has 0 amide bonds. The first-order chi connectivity index (χ1) is 17.8. The van der Waals surface area contributed by atoms with Gasteiger partial charge >= 0.3 is 0 Å². The lowest BCUT2D eigenvalue weighted by Crippen LogP contribution is -2.28. The molecule has 0 spiro atoms. The van der Waals surface area contributed by atoms with Crippen molar-refractivity contribution in [3.05, 3.63) is 131 Å². The van der Waals surface area contributed by atoms with Crippen LogP contribution in [0.25, 0.3) is 6.08 Å². The van der Waals surface area contributed by atoms with Crippen LogP contribution in [0, 0.1) is 0 Å². The molecule has 36 heavy (non-hydrogen) atoms. The van der Waals surface area contributed by atoms with Crippen LogP contribution in [0.1, 0.15) is 33.9 Å². The number of fused-ring (bicyclic) bond motifs is 1. The Labute approximate surface area is 213 Å². The van der Waals surface area contributed by atoms with E-state index in [1.165, 1.54) is 11.1 Å². The molecule has 1 atom stereocenters. The van der Waals surface area contributed by atoms with E-state index in [2.05, 4.69) is 66.0 Å². The Balaban J connectivity index is 1.27. The molecular weight excluding hydrogens is 446 g/mol. The molecule has 1 N–H and O–H groups in total. The monoisotopic (exact) mass is 477 g/mol. The fourth-order valence-electron chi connectivity index (χ4n) is 4.40. The molecule has 1 aliphatic rings. The van der Waals surface area contributed by atoms with E-state index in [1.807, 2.05) is 48.5 Å². The number of hydrogen-bond acceptors (Lipinski definition) is 4. The minimum Gasteiger partial charge on any atom is -0.493 e. The van der Waals surface area contributed by atoms with Crippen LogP contribution >= 0.6 is 0 Å². The molecule has 0 aromatic heterocycles. The fourth-order valence-corrected chi connectivity index (χ4v) is 4.40. The van der Waals surface area contributed by atoms with Gasteiger partial charge in [0.25, 0.3) is 0 Å². The number of ether oxygens (including phenoxy) is 3. The fraction of sp³-hybridized carbons (Fsp3) is 0.188. The summed E-state index contributed by atoms with van der Waals surface area (Å²) in [5, 5.41) is 3.63. The molecule has 4 aromatic carbocycles. The summed E-state index contributed by atoms with van der Waals surface area (Å²) in [4.78, 5) is 0. The van der Waals surface area contributed by atoms with Crippen LogP contribution in [0.4, 0.5) is 0 Å². The van der Waals surface area contributed by atoms with Gasteiger partial charge in [-0.1, -0.05) is 84.9 Å². The van der Waals surface area contributed by atoms with Crippen LogP contribution in [0.3, 0.4) is 0 Å². The minimum absolute atomic E-state index is 0.104. The zero-order chi connectivity index (χ0) is 24.6. The highest BCUT2D eigenvalue weighted by atomic mass is 16.5. The summed E-state index contributed by atoms with van der Waals surface area (Å²) in [6, 6.07) is 33.0. The minimum atomic E-state index is 0.104. The van der Waals surface area contributed by atoms with Crippen molar-refractivity contribution in [3.8, 4) is 17.2 Å². The van der Waals surface area contributed by atoms with Crippen molar-refractivity contribution in [3.63, 3.8) is 0 Å². The van der Waals surface area contributed by atoms with Gasteiger partial charge in [-0.05, 0) is 58.5 Å². The largest absolute Gasteiger partial charge is 0.493 e. The predicted octanol–water partition coefficient (Wildman–Crippen LogP) is 6.75. The number of hydrogen-bond donors (Lipinski definition) is 1. The van der Waals surface area contributed by atoms with Crippen molar-refractivity contribution in [2.24, 2.45) is 0 Å².